The average molecular weight is 244 g/mol. The van der Waals surface area contributed by atoms with Gasteiger partial charge in [0.15, 0.2) is 0 Å². The van der Waals surface area contributed by atoms with Crippen LogP contribution < -0.4 is 0 Å². The SMILES string of the molecule is CCCCCCC(CCOCCCC)OCC. The summed E-state index contributed by atoms with van der Waals surface area (Å²) in [6.07, 6.45) is 10.4. The lowest BCUT2D eigenvalue weighted by molar-refractivity contribution is 0.0213. The van der Waals surface area contributed by atoms with Crippen LogP contribution >= 0.6 is 0 Å². The molecule has 17 heavy (non-hydrogen) atoms. The Morgan fingerprint density at radius 3 is 2.18 bits per heavy atom. The van der Waals surface area contributed by atoms with Crippen molar-refractivity contribution in [1.29, 1.82) is 0 Å². The van der Waals surface area contributed by atoms with Crippen LogP contribution in [0.3, 0.4) is 0 Å². The van der Waals surface area contributed by atoms with Gasteiger partial charge in [0, 0.05) is 19.8 Å². The third-order valence-corrected chi connectivity index (χ3v) is 3.01. The molecular formula is C15H32O2. The van der Waals surface area contributed by atoms with E-state index in [1.54, 1.807) is 0 Å². The van der Waals surface area contributed by atoms with Gasteiger partial charge in [0.05, 0.1) is 6.10 Å². The molecule has 0 aromatic carbocycles. The lowest BCUT2D eigenvalue weighted by Crippen LogP contribution is -2.16. The van der Waals surface area contributed by atoms with E-state index >= 15 is 0 Å². The van der Waals surface area contributed by atoms with E-state index in [-0.39, 0.29) is 0 Å². The summed E-state index contributed by atoms with van der Waals surface area (Å²) in [4.78, 5) is 0. The monoisotopic (exact) mass is 244 g/mol. The molecule has 0 saturated heterocycles. The minimum atomic E-state index is 0.415. The highest BCUT2D eigenvalue weighted by Crippen LogP contribution is 2.11. The van der Waals surface area contributed by atoms with Crippen molar-refractivity contribution in [2.75, 3.05) is 19.8 Å². The molecule has 0 rings (SSSR count). The summed E-state index contributed by atoms with van der Waals surface area (Å²) >= 11 is 0. The van der Waals surface area contributed by atoms with Crippen LogP contribution in [0.4, 0.5) is 0 Å². The molecule has 0 spiro atoms. The Balaban J connectivity index is 3.45. The predicted octanol–water partition coefficient (Wildman–Crippen LogP) is 4.57. The Labute approximate surface area is 108 Å². The quantitative estimate of drug-likeness (QED) is 0.442. The molecule has 1 atom stereocenters. The van der Waals surface area contributed by atoms with E-state index in [1.165, 1.54) is 44.9 Å². The number of ether oxygens (including phenoxy) is 2. The Kier molecular flexibility index (Phi) is 13.9. The van der Waals surface area contributed by atoms with E-state index in [2.05, 4.69) is 20.8 Å². The molecule has 2 heteroatoms. The molecule has 0 aliphatic rings. The lowest BCUT2D eigenvalue weighted by atomic mass is 10.1. The van der Waals surface area contributed by atoms with Crippen LogP contribution in [0.2, 0.25) is 0 Å². The first-order chi connectivity index (χ1) is 8.35. The van der Waals surface area contributed by atoms with Crippen LogP contribution in [0.25, 0.3) is 0 Å². The van der Waals surface area contributed by atoms with Gasteiger partial charge in [-0.3, -0.25) is 0 Å². The predicted molar refractivity (Wildman–Crippen MR) is 74.5 cm³/mol. The van der Waals surface area contributed by atoms with Crippen molar-refractivity contribution in [1.82, 2.24) is 0 Å². The summed E-state index contributed by atoms with van der Waals surface area (Å²) in [7, 11) is 0. The van der Waals surface area contributed by atoms with Crippen molar-refractivity contribution in [2.24, 2.45) is 0 Å². The van der Waals surface area contributed by atoms with Crippen LogP contribution in [0.1, 0.15) is 72.1 Å². The van der Waals surface area contributed by atoms with Crippen LogP contribution in [0, 0.1) is 0 Å². The van der Waals surface area contributed by atoms with Crippen LogP contribution in [-0.4, -0.2) is 25.9 Å². The fourth-order valence-corrected chi connectivity index (χ4v) is 1.91. The summed E-state index contributed by atoms with van der Waals surface area (Å²) in [5.41, 5.74) is 0. The zero-order chi connectivity index (χ0) is 12.8. The van der Waals surface area contributed by atoms with Gasteiger partial charge in [-0.05, 0) is 26.2 Å². The standard InChI is InChI=1S/C15H32O2/c1-4-7-9-10-11-15(17-6-3)12-14-16-13-8-5-2/h15H,4-14H2,1-3H3. The Bertz CT molecular complexity index is 137. The number of unbranched alkanes of at least 4 members (excludes halogenated alkanes) is 4. The summed E-state index contributed by atoms with van der Waals surface area (Å²) < 4.78 is 11.3. The maximum Gasteiger partial charge on any atom is 0.0596 e. The molecule has 1 unspecified atom stereocenters. The highest BCUT2D eigenvalue weighted by Gasteiger charge is 2.07. The van der Waals surface area contributed by atoms with Gasteiger partial charge in [0.1, 0.15) is 0 Å². The normalized spacial score (nSPS) is 12.9. The van der Waals surface area contributed by atoms with Crippen LogP contribution in [0.15, 0.2) is 0 Å². The van der Waals surface area contributed by atoms with Crippen LogP contribution in [-0.2, 0) is 9.47 Å². The van der Waals surface area contributed by atoms with Crippen molar-refractivity contribution in [3.63, 3.8) is 0 Å². The Morgan fingerprint density at radius 1 is 0.765 bits per heavy atom. The van der Waals surface area contributed by atoms with E-state index in [0.717, 1.165) is 26.2 Å². The fourth-order valence-electron chi connectivity index (χ4n) is 1.91. The zero-order valence-corrected chi connectivity index (χ0v) is 12.2. The molecule has 0 fully saturated rings. The largest absolute Gasteiger partial charge is 0.381 e. The van der Waals surface area contributed by atoms with E-state index in [0.29, 0.717) is 6.10 Å². The van der Waals surface area contributed by atoms with Crippen LogP contribution in [0.5, 0.6) is 0 Å². The van der Waals surface area contributed by atoms with Gasteiger partial charge >= 0.3 is 0 Å². The fraction of sp³-hybridized carbons (Fsp3) is 1.00. The van der Waals surface area contributed by atoms with E-state index in [4.69, 9.17) is 9.47 Å². The molecule has 104 valence electrons. The van der Waals surface area contributed by atoms with Gasteiger partial charge in [-0.1, -0.05) is 46.0 Å². The maximum absolute atomic E-state index is 5.75. The minimum Gasteiger partial charge on any atom is -0.381 e. The first kappa shape index (κ1) is 16.9. The molecule has 0 N–H and O–H groups in total. The molecule has 0 amide bonds. The summed E-state index contributed by atoms with van der Waals surface area (Å²) in [5.74, 6) is 0. The number of hydrogen-bond acceptors (Lipinski definition) is 2. The first-order valence-corrected chi connectivity index (χ1v) is 7.54. The van der Waals surface area contributed by atoms with Gasteiger partial charge < -0.3 is 9.47 Å². The molecule has 2 nitrogen and oxygen atoms in total. The van der Waals surface area contributed by atoms with Gasteiger partial charge in [0.25, 0.3) is 0 Å². The van der Waals surface area contributed by atoms with E-state index < -0.39 is 0 Å². The second kappa shape index (κ2) is 14.0. The maximum atomic E-state index is 5.75. The molecule has 0 aromatic rings. The summed E-state index contributed by atoms with van der Waals surface area (Å²) in [6, 6.07) is 0. The van der Waals surface area contributed by atoms with Crippen molar-refractivity contribution in [3.8, 4) is 0 Å². The highest BCUT2D eigenvalue weighted by atomic mass is 16.5. The Hall–Kier alpha value is -0.0800. The van der Waals surface area contributed by atoms with Crippen molar-refractivity contribution < 1.29 is 9.47 Å². The molecule has 0 aliphatic carbocycles. The van der Waals surface area contributed by atoms with Gasteiger partial charge in [0.2, 0.25) is 0 Å². The highest BCUT2D eigenvalue weighted by molar-refractivity contribution is 4.58. The Morgan fingerprint density at radius 2 is 1.53 bits per heavy atom. The molecule has 0 aliphatic heterocycles. The molecular weight excluding hydrogens is 212 g/mol. The second-order valence-corrected chi connectivity index (χ2v) is 4.68. The van der Waals surface area contributed by atoms with Gasteiger partial charge in [-0.2, -0.15) is 0 Å². The van der Waals surface area contributed by atoms with Gasteiger partial charge in [-0.15, -0.1) is 0 Å². The van der Waals surface area contributed by atoms with Crippen molar-refractivity contribution >= 4 is 0 Å². The number of hydrogen-bond donors (Lipinski definition) is 0. The number of rotatable bonds is 13. The van der Waals surface area contributed by atoms with Gasteiger partial charge in [-0.25, -0.2) is 0 Å². The first-order valence-electron chi connectivity index (χ1n) is 7.54. The zero-order valence-electron chi connectivity index (χ0n) is 12.2. The topological polar surface area (TPSA) is 18.5 Å². The van der Waals surface area contributed by atoms with Crippen molar-refractivity contribution in [3.05, 3.63) is 0 Å². The van der Waals surface area contributed by atoms with E-state index in [1.807, 2.05) is 0 Å². The molecule has 0 radical (unpaired) electrons. The lowest BCUT2D eigenvalue weighted by Gasteiger charge is -2.17. The third kappa shape index (κ3) is 12.2. The van der Waals surface area contributed by atoms with E-state index in [9.17, 15) is 0 Å². The molecule has 0 heterocycles. The minimum absolute atomic E-state index is 0.415. The summed E-state index contributed by atoms with van der Waals surface area (Å²) in [5, 5.41) is 0. The summed E-state index contributed by atoms with van der Waals surface area (Å²) in [6.45, 7) is 9.12. The molecule has 0 saturated carbocycles. The second-order valence-electron chi connectivity index (χ2n) is 4.68. The molecule has 0 aromatic heterocycles. The molecule has 0 bridgehead atoms. The average Bonchev–Trinajstić information content (AvgIpc) is 2.34. The third-order valence-electron chi connectivity index (χ3n) is 3.01. The van der Waals surface area contributed by atoms with Crippen molar-refractivity contribution in [2.45, 2.75) is 78.2 Å². The smallest absolute Gasteiger partial charge is 0.0596 e.